The number of carbonyl (C=O) groups is 2. The van der Waals surface area contributed by atoms with Crippen molar-refractivity contribution in [1.29, 1.82) is 0 Å². The third-order valence-electron chi connectivity index (χ3n) is 1.34. The van der Waals surface area contributed by atoms with E-state index in [-0.39, 0.29) is 24.9 Å². The fourth-order valence-corrected chi connectivity index (χ4v) is 0.529. The molecule has 0 spiro atoms. The van der Waals surface area contributed by atoms with Gasteiger partial charge in [0.05, 0.1) is 13.1 Å². The minimum Gasteiger partial charge on any atom is -0.358 e. The second-order valence-electron chi connectivity index (χ2n) is 2.56. The first-order valence-corrected chi connectivity index (χ1v) is 3.69. The fourth-order valence-electron chi connectivity index (χ4n) is 0.529. The quantitative estimate of drug-likeness (QED) is 0.539. The van der Waals surface area contributed by atoms with Gasteiger partial charge >= 0.3 is 0 Å². The van der Waals surface area contributed by atoms with Gasteiger partial charge in [0.2, 0.25) is 11.8 Å². The summed E-state index contributed by atoms with van der Waals surface area (Å²) in [5.74, 6) is -0.166. The van der Waals surface area contributed by atoms with Crippen LogP contribution in [-0.4, -0.2) is 50.9 Å². The molecule has 0 saturated heterocycles. The van der Waals surface area contributed by atoms with Crippen molar-refractivity contribution in [2.45, 2.75) is 0 Å². The van der Waals surface area contributed by atoms with Crippen LogP contribution in [0.2, 0.25) is 0 Å². The monoisotopic (exact) mass is 173 g/mol. The molecule has 0 aliphatic carbocycles. The first-order valence-electron chi connectivity index (χ1n) is 3.69. The molecule has 2 amide bonds. The maximum atomic E-state index is 10.9. The van der Waals surface area contributed by atoms with Crippen LogP contribution in [0.25, 0.3) is 0 Å². The first kappa shape index (κ1) is 10.9. The Morgan fingerprint density at radius 3 is 2.25 bits per heavy atom. The summed E-state index contributed by atoms with van der Waals surface area (Å²) < 4.78 is 0. The third kappa shape index (κ3) is 4.68. The van der Waals surface area contributed by atoms with Gasteiger partial charge in [-0.2, -0.15) is 0 Å². The summed E-state index contributed by atoms with van der Waals surface area (Å²) in [4.78, 5) is 23.1. The van der Waals surface area contributed by atoms with E-state index in [4.69, 9.17) is 0 Å². The van der Waals surface area contributed by atoms with Crippen LogP contribution in [0.15, 0.2) is 0 Å². The zero-order valence-corrected chi connectivity index (χ0v) is 7.68. The van der Waals surface area contributed by atoms with E-state index in [9.17, 15) is 9.59 Å². The molecule has 0 aromatic rings. The molecule has 5 heteroatoms. The van der Waals surface area contributed by atoms with Crippen molar-refractivity contribution < 1.29 is 9.59 Å². The summed E-state index contributed by atoms with van der Waals surface area (Å²) in [7, 11) is 4.89. The Balaban J connectivity index is 3.44. The zero-order chi connectivity index (χ0) is 9.56. The van der Waals surface area contributed by atoms with E-state index in [2.05, 4.69) is 10.6 Å². The SMILES string of the molecule is CNC(=O)CNCC(=O)N(C)C. The molecule has 0 radical (unpaired) electrons. The van der Waals surface area contributed by atoms with Gasteiger partial charge in [0.1, 0.15) is 0 Å². The van der Waals surface area contributed by atoms with Crippen molar-refractivity contribution in [1.82, 2.24) is 15.5 Å². The van der Waals surface area contributed by atoms with Crippen LogP contribution in [0.3, 0.4) is 0 Å². The standard InChI is InChI=1S/C7H15N3O2/c1-8-6(11)4-9-5-7(12)10(2)3/h9H,4-5H2,1-3H3,(H,8,11). The summed E-state index contributed by atoms with van der Waals surface area (Å²) >= 11 is 0. The van der Waals surface area contributed by atoms with Crippen LogP contribution >= 0.6 is 0 Å². The molecule has 2 N–H and O–H groups in total. The van der Waals surface area contributed by atoms with Crippen molar-refractivity contribution >= 4 is 11.8 Å². The summed E-state index contributed by atoms with van der Waals surface area (Å²) in [5, 5.41) is 5.16. The van der Waals surface area contributed by atoms with Gasteiger partial charge in [0.25, 0.3) is 0 Å². The van der Waals surface area contributed by atoms with E-state index >= 15 is 0 Å². The third-order valence-corrected chi connectivity index (χ3v) is 1.34. The van der Waals surface area contributed by atoms with Gasteiger partial charge in [0, 0.05) is 21.1 Å². The number of amides is 2. The van der Waals surface area contributed by atoms with Crippen LogP contribution in [0.4, 0.5) is 0 Å². The Labute approximate surface area is 72.1 Å². The van der Waals surface area contributed by atoms with Crippen LogP contribution in [0, 0.1) is 0 Å². The lowest BCUT2D eigenvalue weighted by Gasteiger charge is -2.10. The Kier molecular flexibility index (Phi) is 5.03. The van der Waals surface area contributed by atoms with Crippen molar-refractivity contribution in [3.05, 3.63) is 0 Å². The minimum atomic E-state index is -0.124. The molecule has 0 aliphatic heterocycles. The molecule has 0 atom stereocenters. The molecule has 0 aromatic heterocycles. The predicted octanol–water partition coefficient (Wildman–Crippen LogP) is -1.59. The Morgan fingerprint density at radius 2 is 1.83 bits per heavy atom. The van der Waals surface area contributed by atoms with Crippen molar-refractivity contribution in [3.63, 3.8) is 0 Å². The maximum Gasteiger partial charge on any atom is 0.236 e. The average molecular weight is 173 g/mol. The number of nitrogens with zero attached hydrogens (tertiary/aromatic N) is 1. The number of carbonyl (C=O) groups excluding carboxylic acids is 2. The van der Waals surface area contributed by atoms with E-state index in [1.54, 1.807) is 21.1 Å². The lowest BCUT2D eigenvalue weighted by Crippen LogP contribution is -2.38. The molecule has 0 saturated carbocycles. The Bertz CT molecular complexity index is 168. The Morgan fingerprint density at radius 1 is 1.25 bits per heavy atom. The highest BCUT2D eigenvalue weighted by molar-refractivity contribution is 5.80. The van der Waals surface area contributed by atoms with E-state index in [1.165, 1.54) is 4.90 Å². The van der Waals surface area contributed by atoms with Gasteiger partial charge in [0.15, 0.2) is 0 Å². The highest BCUT2D eigenvalue weighted by Gasteiger charge is 2.03. The van der Waals surface area contributed by atoms with Crippen LogP contribution in [0.5, 0.6) is 0 Å². The molecule has 0 aromatic carbocycles. The predicted molar refractivity (Wildman–Crippen MR) is 45.6 cm³/mol. The first-order chi connectivity index (χ1) is 5.57. The molecule has 70 valence electrons. The minimum absolute atomic E-state index is 0.0427. The summed E-state index contributed by atoms with van der Waals surface area (Å²) in [6.45, 7) is 0.372. The topological polar surface area (TPSA) is 61.4 Å². The van der Waals surface area contributed by atoms with Crippen LogP contribution in [-0.2, 0) is 9.59 Å². The smallest absolute Gasteiger partial charge is 0.236 e. The number of nitrogens with one attached hydrogen (secondary N) is 2. The van der Waals surface area contributed by atoms with Gasteiger partial charge in [-0.05, 0) is 0 Å². The van der Waals surface area contributed by atoms with Gasteiger partial charge in [-0.15, -0.1) is 0 Å². The molecule has 0 fully saturated rings. The summed E-state index contributed by atoms with van der Waals surface area (Å²) in [6, 6.07) is 0. The van der Waals surface area contributed by atoms with Gasteiger partial charge in [-0.3, -0.25) is 14.9 Å². The average Bonchev–Trinajstić information content (AvgIpc) is 2.03. The molecule has 0 heterocycles. The molecule has 0 unspecified atom stereocenters. The molecule has 5 nitrogen and oxygen atoms in total. The Hall–Kier alpha value is -1.10. The number of rotatable bonds is 4. The zero-order valence-electron chi connectivity index (χ0n) is 7.68. The lowest BCUT2D eigenvalue weighted by molar-refractivity contribution is -0.127. The van der Waals surface area contributed by atoms with E-state index < -0.39 is 0 Å². The fraction of sp³-hybridized carbons (Fsp3) is 0.714. The van der Waals surface area contributed by atoms with Gasteiger partial charge < -0.3 is 10.2 Å². The lowest BCUT2D eigenvalue weighted by atomic mass is 10.5. The van der Waals surface area contributed by atoms with Crippen molar-refractivity contribution in [2.24, 2.45) is 0 Å². The van der Waals surface area contributed by atoms with Crippen molar-refractivity contribution in [2.75, 3.05) is 34.2 Å². The van der Waals surface area contributed by atoms with Crippen LogP contribution < -0.4 is 10.6 Å². The molecule has 12 heavy (non-hydrogen) atoms. The maximum absolute atomic E-state index is 10.9. The number of hydrogen-bond acceptors (Lipinski definition) is 3. The van der Waals surface area contributed by atoms with Gasteiger partial charge in [-0.1, -0.05) is 0 Å². The highest BCUT2D eigenvalue weighted by Crippen LogP contribution is 1.74. The molecule has 0 bridgehead atoms. The second kappa shape index (κ2) is 5.54. The highest BCUT2D eigenvalue weighted by atomic mass is 16.2. The van der Waals surface area contributed by atoms with Crippen molar-refractivity contribution in [3.8, 4) is 0 Å². The van der Waals surface area contributed by atoms with E-state index in [0.717, 1.165) is 0 Å². The van der Waals surface area contributed by atoms with E-state index in [0.29, 0.717) is 0 Å². The molecule has 0 rings (SSSR count). The largest absolute Gasteiger partial charge is 0.358 e. The summed E-state index contributed by atoms with van der Waals surface area (Å²) in [5.41, 5.74) is 0. The van der Waals surface area contributed by atoms with Crippen LogP contribution in [0.1, 0.15) is 0 Å². The second-order valence-corrected chi connectivity index (χ2v) is 2.56. The normalized spacial score (nSPS) is 9.25. The summed E-state index contributed by atoms with van der Waals surface area (Å²) in [6.07, 6.45) is 0. The number of likely N-dealkylation sites (N-methyl/N-ethyl adjacent to an activating group) is 2. The van der Waals surface area contributed by atoms with E-state index in [1.807, 2.05) is 0 Å². The number of hydrogen-bond donors (Lipinski definition) is 2. The molecular formula is C7H15N3O2. The van der Waals surface area contributed by atoms with Gasteiger partial charge in [-0.25, -0.2) is 0 Å². The molecule has 0 aliphatic rings. The molecular weight excluding hydrogens is 158 g/mol.